The van der Waals surface area contributed by atoms with E-state index in [2.05, 4.69) is 20.7 Å². The molecule has 4 rings (SSSR count). The first kappa shape index (κ1) is 22.6. The summed E-state index contributed by atoms with van der Waals surface area (Å²) in [5.41, 5.74) is 3.15. The normalized spacial score (nSPS) is 13.8. The fourth-order valence-corrected chi connectivity index (χ4v) is 4.04. The predicted molar refractivity (Wildman–Crippen MR) is 122 cm³/mol. The molecule has 1 heterocycles. The largest absolute Gasteiger partial charge is 0.352 e. The maximum atomic E-state index is 13.3. The molecule has 2 aromatic carbocycles. The number of benzene rings is 2. The third kappa shape index (κ3) is 5.60. The molecule has 1 saturated carbocycles. The Morgan fingerprint density at radius 1 is 1.12 bits per heavy atom. The summed E-state index contributed by atoms with van der Waals surface area (Å²) in [5, 5.41) is 15.2. The summed E-state index contributed by atoms with van der Waals surface area (Å²) < 4.78 is 13.2. The van der Waals surface area contributed by atoms with Crippen molar-refractivity contribution in [2.45, 2.75) is 52.1 Å². The lowest BCUT2D eigenvalue weighted by Gasteiger charge is -2.25. The van der Waals surface area contributed by atoms with Crippen LogP contribution in [0.1, 0.15) is 36.8 Å². The average Bonchev–Trinajstić information content (AvgIpc) is 3.47. The van der Waals surface area contributed by atoms with Crippen molar-refractivity contribution in [1.82, 2.24) is 25.5 Å². The second-order valence-corrected chi connectivity index (χ2v) is 8.47. The van der Waals surface area contributed by atoms with Crippen LogP contribution >= 0.6 is 0 Å². The van der Waals surface area contributed by atoms with Crippen LogP contribution in [0.4, 0.5) is 10.1 Å². The molecule has 3 aromatic rings. The van der Waals surface area contributed by atoms with E-state index in [1.54, 1.807) is 12.1 Å². The molecule has 1 fully saturated rings. The van der Waals surface area contributed by atoms with E-state index in [-0.39, 0.29) is 36.8 Å². The summed E-state index contributed by atoms with van der Waals surface area (Å²) in [4.78, 5) is 28.7. The number of carbonyl (C=O) groups excluding carboxylic acids is 2. The van der Waals surface area contributed by atoms with Gasteiger partial charge in [0.05, 0.1) is 0 Å². The second-order valence-electron chi connectivity index (χ2n) is 8.47. The molecule has 0 unspecified atom stereocenters. The number of rotatable bonds is 7. The standard InChI is InChI=1S/C24H27FN6O2/c1-16-7-8-17(2)21(13-16)30(14-22(32)26-20-5-3-4-6-20)23(33)15-31-28-24(27-29-31)18-9-11-19(25)12-10-18/h7-13,20H,3-6,14-15H2,1-2H3,(H,26,32). The highest BCUT2D eigenvalue weighted by atomic mass is 19.1. The SMILES string of the molecule is Cc1ccc(C)c(N(CC(=O)NC2CCCC2)C(=O)Cn2nnc(-c3ccc(F)cc3)n2)c1. The summed E-state index contributed by atoms with van der Waals surface area (Å²) in [6.45, 7) is 3.58. The first-order chi connectivity index (χ1) is 15.9. The lowest BCUT2D eigenvalue weighted by Crippen LogP contribution is -2.45. The summed E-state index contributed by atoms with van der Waals surface area (Å²) in [5.74, 6) is -0.579. The highest BCUT2D eigenvalue weighted by Gasteiger charge is 2.24. The number of hydrogen-bond acceptors (Lipinski definition) is 5. The summed E-state index contributed by atoms with van der Waals surface area (Å²) in [6, 6.07) is 11.7. The maximum Gasteiger partial charge on any atom is 0.251 e. The zero-order valence-electron chi connectivity index (χ0n) is 18.8. The van der Waals surface area contributed by atoms with Gasteiger partial charge in [0.15, 0.2) is 0 Å². The van der Waals surface area contributed by atoms with Crippen molar-refractivity contribution in [3.63, 3.8) is 0 Å². The molecule has 0 spiro atoms. The smallest absolute Gasteiger partial charge is 0.251 e. The van der Waals surface area contributed by atoms with Crippen molar-refractivity contribution in [3.8, 4) is 11.4 Å². The number of nitrogens with zero attached hydrogens (tertiary/aromatic N) is 5. The van der Waals surface area contributed by atoms with Gasteiger partial charge in [-0.1, -0.05) is 25.0 Å². The van der Waals surface area contributed by atoms with E-state index >= 15 is 0 Å². The zero-order chi connectivity index (χ0) is 23.4. The van der Waals surface area contributed by atoms with E-state index in [4.69, 9.17) is 0 Å². The number of carbonyl (C=O) groups is 2. The van der Waals surface area contributed by atoms with Gasteiger partial charge in [0.2, 0.25) is 11.7 Å². The third-order valence-corrected chi connectivity index (χ3v) is 5.81. The highest BCUT2D eigenvalue weighted by Crippen LogP contribution is 2.23. The van der Waals surface area contributed by atoms with Crippen LogP contribution in [-0.2, 0) is 16.1 Å². The lowest BCUT2D eigenvalue weighted by atomic mass is 10.1. The molecule has 0 aliphatic heterocycles. The van der Waals surface area contributed by atoms with Crippen molar-refractivity contribution in [2.75, 3.05) is 11.4 Å². The Morgan fingerprint density at radius 3 is 2.58 bits per heavy atom. The van der Waals surface area contributed by atoms with Crippen molar-refractivity contribution in [3.05, 3.63) is 59.4 Å². The molecule has 1 aliphatic rings. The van der Waals surface area contributed by atoms with Crippen LogP contribution in [0.25, 0.3) is 11.4 Å². The summed E-state index contributed by atoms with van der Waals surface area (Å²) >= 11 is 0. The molecular formula is C24H27FN6O2. The average molecular weight is 451 g/mol. The molecule has 0 atom stereocenters. The Kier molecular flexibility index (Phi) is 6.76. The van der Waals surface area contributed by atoms with Crippen LogP contribution < -0.4 is 10.2 Å². The van der Waals surface area contributed by atoms with Crippen molar-refractivity contribution < 1.29 is 14.0 Å². The minimum Gasteiger partial charge on any atom is -0.352 e. The third-order valence-electron chi connectivity index (χ3n) is 5.81. The Bertz CT molecular complexity index is 1140. The maximum absolute atomic E-state index is 13.3. The molecule has 1 N–H and O–H groups in total. The number of aromatic nitrogens is 4. The van der Waals surface area contributed by atoms with Gasteiger partial charge >= 0.3 is 0 Å². The van der Waals surface area contributed by atoms with Crippen LogP contribution in [-0.4, -0.2) is 44.6 Å². The van der Waals surface area contributed by atoms with Crippen molar-refractivity contribution >= 4 is 17.5 Å². The van der Waals surface area contributed by atoms with E-state index in [1.807, 2.05) is 32.0 Å². The molecule has 33 heavy (non-hydrogen) atoms. The lowest BCUT2D eigenvalue weighted by molar-refractivity contribution is -0.124. The number of tetrazole rings is 1. The van der Waals surface area contributed by atoms with E-state index in [0.29, 0.717) is 17.1 Å². The van der Waals surface area contributed by atoms with Crippen LogP contribution in [0.5, 0.6) is 0 Å². The first-order valence-corrected chi connectivity index (χ1v) is 11.1. The quantitative estimate of drug-likeness (QED) is 0.597. The Hall–Kier alpha value is -3.62. The van der Waals surface area contributed by atoms with Gasteiger partial charge in [0.1, 0.15) is 18.9 Å². The first-order valence-electron chi connectivity index (χ1n) is 11.1. The molecule has 1 aliphatic carbocycles. The highest BCUT2D eigenvalue weighted by molar-refractivity contribution is 5.99. The summed E-state index contributed by atoms with van der Waals surface area (Å²) in [7, 11) is 0. The Balaban J connectivity index is 1.53. The van der Waals surface area contributed by atoms with Gasteiger partial charge in [-0.05, 0) is 73.4 Å². The van der Waals surface area contributed by atoms with E-state index < -0.39 is 0 Å². The molecule has 0 bridgehead atoms. The van der Waals surface area contributed by atoms with Crippen molar-refractivity contribution in [1.29, 1.82) is 0 Å². The molecule has 9 heteroatoms. The zero-order valence-corrected chi connectivity index (χ0v) is 18.8. The Labute approximate surface area is 191 Å². The fourth-order valence-electron chi connectivity index (χ4n) is 4.04. The van der Waals surface area contributed by atoms with Gasteiger partial charge in [0, 0.05) is 17.3 Å². The molecule has 2 amide bonds. The Morgan fingerprint density at radius 2 is 1.85 bits per heavy atom. The number of anilines is 1. The minimum absolute atomic E-state index is 0.0842. The van der Waals surface area contributed by atoms with Gasteiger partial charge < -0.3 is 10.2 Å². The number of nitrogens with one attached hydrogen (secondary N) is 1. The topological polar surface area (TPSA) is 93.0 Å². The van der Waals surface area contributed by atoms with Crippen LogP contribution in [0, 0.1) is 19.7 Å². The number of amides is 2. The molecule has 0 radical (unpaired) electrons. The van der Waals surface area contributed by atoms with Gasteiger partial charge in [-0.15, -0.1) is 10.2 Å². The minimum atomic E-state index is -0.360. The van der Waals surface area contributed by atoms with Gasteiger partial charge in [0.25, 0.3) is 5.91 Å². The molecule has 0 saturated heterocycles. The molecule has 1 aromatic heterocycles. The van der Waals surface area contributed by atoms with E-state index in [1.165, 1.54) is 21.8 Å². The van der Waals surface area contributed by atoms with Crippen molar-refractivity contribution in [2.24, 2.45) is 0 Å². The van der Waals surface area contributed by atoms with Gasteiger partial charge in [-0.3, -0.25) is 9.59 Å². The predicted octanol–water partition coefficient (Wildman–Crippen LogP) is 3.19. The van der Waals surface area contributed by atoms with E-state index in [0.717, 1.165) is 36.8 Å². The fraction of sp³-hybridized carbons (Fsp3) is 0.375. The molecule has 8 nitrogen and oxygen atoms in total. The number of halogens is 1. The van der Waals surface area contributed by atoms with Crippen LogP contribution in [0.15, 0.2) is 42.5 Å². The van der Waals surface area contributed by atoms with Crippen LogP contribution in [0.3, 0.4) is 0 Å². The van der Waals surface area contributed by atoms with Crippen LogP contribution in [0.2, 0.25) is 0 Å². The van der Waals surface area contributed by atoms with Gasteiger partial charge in [-0.2, -0.15) is 4.80 Å². The number of aryl methyl sites for hydroxylation is 2. The van der Waals surface area contributed by atoms with E-state index in [9.17, 15) is 14.0 Å². The van der Waals surface area contributed by atoms with Gasteiger partial charge in [-0.25, -0.2) is 4.39 Å². The molecular weight excluding hydrogens is 423 g/mol. The summed E-state index contributed by atoms with van der Waals surface area (Å²) in [6.07, 6.45) is 4.16. The monoisotopic (exact) mass is 450 g/mol. The number of hydrogen-bond donors (Lipinski definition) is 1. The molecule has 172 valence electrons. The second kappa shape index (κ2) is 9.89.